The summed E-state index contributed by atoms with van der Waals surface area (Å²) in [6.45, 7) is 3.04. The average molecular weight is 393 g/mol. The van der Waals surface area contributed by atoms with Crippen LogP contribution in [-0.2, 0) is 6.42 Å². The number of carbonyl (C=O) groups is 1. The van der Waals surface area contributed by atoms with Crippen molar-refractivity contribution in [1.82, 2.24) is 14.9 Å². The van der Waals surface area contributed by atoms with Crippen LogP contribution < -0.4 is 4.90 Å². The fourth-order valence-corrected chi connectivity index (χ4v) is 4.38. The number of anilines is 1. The first-order chi connectivity index (χ1) is 13.8. The molecule has 6 heteroatoms. The molecule has 144 valence electrons. The maximum absolute atomic E-state index is 13.2. The van der Waals surface area contributed by atoms with E-state index in [1.807, 2.05) is 22.4 Å². The molecule has 0 atom stereocenters. The summed E-state index contributed by atoms with van der Waals surface area (Å²) in [6.07, 6.45) is 7.94. The zero-order valence-electron chi connectivity index (χ0n) is 15.8. The molecule has 0 radical (unpaired) electrons. The molecule has 1 fully saturated rings. The molecule has 0 saturated carbocycles. The summed E-state index contributed by atoms with van der Waals surface area (Å²) >= 11 is 1.47. The van der Waals surface area contributed by atoms with Crippen LogP contribution in [0.5, 0.6) is 0 Å². The van der Waals surface area contributed by atoms with Crippen molar-refractivity contribution in [2.75, 3.05) is 24.5 Å². The van der Waals surface area contributed by atoms with Gasteiger partial charge in [-0.25, -0.2) is 4.98 Å². The van der Waals surface area contributed by atoms with Gasteiger partial charge in [0.25, 0.3) is 5.91 Å². The molecule has 1 aromatic carbocycles. The second kappa shape index (κ2) is 9.08. The summed E-state index contributed by atoms with van der Waals surface area (Å²) in [6, 6.07) is 14.6. The van der Waals surface area contributed by atoms with Gasteiger partial charge in [-0.2, -0.15) is 0 Å². The van der Waals surface area contributed by atoms with Gasteiger partial charge >= 0.3 is 0 Å². The van der Waals surface area contributed by atoms with Gasteiger partial charge in [0.1, 0.15) is 0 Å². The van der Waals surface area contributed by atoms with Crippen LogP contribution in [0.4, 0.5) is 5.82 Å². The molecule has 0 N–H and O–H groups in total. The number of amides is 1. The van der Waals surface area contributed by atoms with Gasteiger partial charge in [0.15, 0.2) is 5.82 Å². The Morgan fingerprint density at radius 3 is 2.61 bits per heavy atom. The molecule has 1 aliphatic rings. The minimum absolute atomic E-state index is 0.0261. The Morgan fingerprint density at radius 1 is 1.11 bits per heavy atom. The molecule has 1 aliphatic heterocycles. The molecule has 3 heterocycles. The lowest BCUT2D eigenvalue weighted by molar-refractivity contribution is 0.0963. The molecule has 1 saturated heterocycles. The second-order valence-electron chi connectivity index (χ2n) is 7.02. The molecule has 0 bridgehead atoms. The lowest BCUT2D eigenvalue weighted by Gasteiger charge is -2.37. The molecular weight excluding hydrogens is 368 g/mol. The van der Waals surface area contributed by atoms with E-state index in [1.54, 1.807) is 18.6 Å². The largest absolute Gasteiger partial charge is 0.303 e. The van der Waals surface area contributed by atoms with Gasteiger partial charge in [-0.15, -0.1) is 11.3 Å². The monoisotopic (exact) mass is 392 g/mol. The van der Waals surface area contributed by atoms with Gasteiger partial charge in [0.05, 0.1) is 11.1 Å². The Balaban J connectivity index is 1.42. The highest BCUT2D eigenvalue weighted by molar-refractivity contribution is 7.12. The van der Waals surface area contributed by atoms with Crippen molar-refractivity contribution in [2.45, 2.75) is 25.3 Å². The molecular formula is C22H24N4OS. The van der Waals surface area contributed by atoms with E-state index in [-0.39, 0.29) is 11.9 Å². The zero-order valence-corrected chi connectivity index (χ0v) is 16.6. The Hall–Kier alpha value is -2.57. The number of rotatable bonds is 6. The van der Waals surface area contributed by atoms with E-state index in [9.17, 15) is 4.79 Å². The van der Waals surface area contributed by atoms with Crippen LogP contribution in [0.2, 0.25) is 0 Å². The predicted molar refractivity (Wildman–Crippen MR) is 113 cm³/mol. The third kappa shape index (κ3) is 4.46. The van der Waals surface area contributed by atoms with Crippen molar-refractivity contribution < 1.29 is 4.79 Å². The van der Waals surface area contributed by atoms with Gasteiger partial charge in [0, 0.05) is 38.1 Å². The number of likely N-dealkylation sites (tertiary alicyclic amines) is 1. The maximum Gasteiger partial charge on any atom is 0.269 e. The van der Waals surface area contributed by atoms with Crippen LogP contribution in [0.25, 0.3) is 0 Å². The smallest absolute Gasteiger partial charge is 0.269 e. The first kappa shape index (κ1) is 18.8. The standard InChI is InChI=1S/C22H24N4OS/c27-22(20-7-4-16-28-20)26(21-17-23-11-12-24-21)19-9-14-25(15-10-19)13-8-18-5-2-1-3-6-18/h1-7,11-12,16-17,19H,8-10,13-15H2. The average Bonchev–Trinajstić information content (AvgIpc) is 3.30. The first-order valence-corrected chi connectivity index (χ1v) is 10.6. The summed E-state index contributed by atoms with van der Waals surface area (Å²) in [5.41, 5.74) is 1.37. The summed E-state index contributed by atoms with van der Waals surface area (Å²) in [5.74, 6) is 0.668. The number of hydrogen-bond acceptors (Lipinski definition) is 5. The van der Waals surface area contributed by atoms with Crippen molar-refractivity contribution in [3.8, 4) is 0 Å². The number of hydrogen-bond donors (Lipinski definition) is 0. The van der Waals surface area contributed by atoms with Crippen LogP contribution in [0.15, 0.2) is 66.4 Å². The van der Waals surface area contributed by atoms with Crippen LogP contribution in [0.3, 0.4) is 0 Å². The third-order valence-corrected chi connectivity index (χ3v) is 6.09. The molecule has 5 nitrogen and oxygen atoms in total. The van der Waals surface area contributed by atoms with E-state index in [1.165, 1.54) is 16.9 Å². The van der Waals surface area contributed by atoms with Crippen LogP contribution in [0, 0.1) is 0 Å². The molecule has 4 rings (SSSR count). The second-order valence-corrected chi connectivity index (χ2v) is 7.97. The van der Waals surface area contributed by atoms with Crippen LogP contribution in [-0.4, -0.2) is 46.5 Å². The van der Waals surface area contributed by atoms with E-state index in [2.05, 4.69) is 45.2 Å². The fourth-order valence-electron chi connectivity index (χ4n) is 3.72. The molecule has 0 spiro atoms. The number of benzene rings is 1. The Bertz CT molecular complexity index is 862. The van der Waals surface area contributed by atoms with E-state index in [0.717, 1.165) is 43.8 Å². The molecule has 3 aromatic rings. The Morgan fingerprint density at radius 2 is 1.93 bits per heavy atom. The minimum atomic E-state index is 0.0261. The minimum Gasteiger partial charge on any atom is -0.303 e. The van der Waals surface area contributed by atoms with Crippen molar-refractivity contribution in [3.05, 3.63) is 76.9 Å². The third-order valence-electron chi connectivity index (χ3n) is 5.23. The van der Waals surface area contributed by atoms with Crippen molar-refractivity contribution in [3.63, 3.8) is 0 Å². The van der Waals surface area contributed by atoms with Crippen molar-refractivity contribution >= 4 is 23.1 Å². The molecule has 28 heavy (non-hydrogen) atoms. The lowest BCUT2D eigenvalue weighted by atomic mass is 10.0. The quantitative estimate of drug-likeness (QED) is 0.639. The normalized spacial score (nSPS) is 15.4. The highest BCUT2D eigenvalue weighted by Gasteiger charge is 2.31. The fraction of sp³-hybridized carbons (Fsp3) is 0.318. The number of nitrogens with zero attached hydrogens (tertiary/aromatic N) is 4. The van der Waals surface area contributed by atoms with Gasteiger partial charge < -0.3 is 4.90 Å². The maximum atomic E-state index is 13.2. The molecule has 2 aromatic heterocycles. The lowest BCUT2D eigenvalue weighted by Crippen LogP contribution is -2.48. The van der Waals surface area contributed by atoms with Gasteiger partial charge in [-0.05, 0) is 36.3 Å². The summed E-state index contributed by atoms with van der Waals surface area (Å²) in [5, 5.41) is 1.94. The topological polar surface area (TPSA) is 49.3 Å². The number of thiophene rings is 1. The van der Waals surface area contributed by atoms with E-state index < -0.39 is 0 Å². The summed E-state index contributed by atoms with van der Waals surface area (Å²) < 4.78 is 0. The SMILES string of the molecule is O=C(c1cccs1)N(c1cnccn1)C1CCN(CCc2ccccc2)CC1. The van der Waals surface area contributed by atoms with Crippen molar-refractivity contribution in [1.29, 1.82) is 0 Å². The highest BCUT2D eigenvalue weighted by Crippen LogP contribution is 2.25. The van der Waals surface area contributed by atoms with Gasteiger partial charge in [0.2, 0.25) is 0 Å². The Kier molecular flexibility index (Phi) is 6.09. The van der Waals surface area contributed by atoms with E-state index in [0.29, 0.717) is 5.82 Å². The molecule has 0 aliphatic carbocycles. The summed E-state index contributed by atoms with van der Waals surface area (Å²) in [4.78, 5) is 26.8. The summed E-state index contributed by atoms with van der Waals surface area (Å²) in [7, 11) is 0. The predicted octanol–water partition coefficient (Wildman–Crippen LogP) is 3.89. The Labute approximate surface area is 169 Å². The van der Waals surface area contributed by atoms with Crippen molar-refractivity contribution in [2.24, 2.45) is 0 Å². The number of carbonyl (C=O) groups excluding carboxylic acids is 1. The molecule has 1 amide bonds. The van der Waals surface area contributed by atoms with Crippen LogP contribution in [0.1, 0.15) is 28.1 Å². The molecule has 0 unspecified atom stereocenters. The van der Waals surface area contributed by atoms with E-state index >= 15 is 0 Å². The zero-order chi connectivity index (χ0) is 19.2. The number of piperidine rings is 1. The number of aromatic nitrogens is 2. The first-order valence-electron chi connectivity index (χ1n) is 9.70. The highest BCUT2D eigenvalue weighted by atomic mass is 32.1. The van der Waals surface area contributed by atoms with Gasteiger partial charge in [-0.3, -0.25) is 14.7 Å². The van der Waals surface area contributed by atoms with E-state index in [4.69, 9.17) is 0 Å². The van der Waals surface area contributed by atoms with Gasteiger partial charge in [-0.1, -0.05) is 36.4 Å². The van der Waals surface area contributed by atoms with Crippen LogP contribution >= 0.6 is 11.3 Å².